The van der Waals surface area contributed by atoms with E-state index in [-0.39, 0.29) is 0 Å². The van der Waals surface area contributed by atoms with Crippen LogP contribution in [0.3, 0.4) is 0 Å². The summed E-state index contributed by atoms with van der Waals surface area (Å²) in [5.41, 5.74) is 6.00. The predicted molar refractivity (Wildman–Crippen MR) is 110 cm³/mol. The lowest BCUT2D eigenvalue weighted by Crippen LogP contribution is -2.44. The Hall–Kier alpha value is -0.120. The van der Waals surface area contributed by atoms with E-state index in [4.69, 9.17) is 5.73 Å². The van der Waals surface area contributed by atoms with Crippen molar-refractivity contribution >= 4 is 0 Å². The lowest BCUT2D eigenvalue weighted by Gasteiger charge is -2.32. The number of hydrogen-bond donors (Lipinski definition) is 3. The van der Waals surface area contributed by atoms with E-state index in [1.54, 1.807) is 13.8 Å². The molecule has 0 fully saturated rings. The van der Waals surface area contributed by atoms with E-state index in [0.29, 0.717) is 12.8 Å². The van der Waals surface area contributed by atoms with Gasteiger partial charge in [0.2, 0.25) is 0 Å². The molecule has 3 nitrogen and oxygen atoms in total. The third-order valence-corrected chi connectivity index (χ3v) is 5.18. The molecule has 0 radical (unpaired) electrons. The standard InChI is InChI=1S/C22H47NO2/c1-4-5-6-7-8-9-10-11-12-13-14-15-16-17-22(23,18-20(2)24)19-21(3)25/h20-21,24-25H,4-19,23H2,1-3H3. The monoisotopic (exact) mass is 357 g/mol. The van der Waals surface area contributed by atoms with E-state index in [1.165, 1.54) is 77.0 Å². The number of hydrogen-bond acceptors (Lipinski definition) is 3. The zero-order valence-corrected chi connectivity index (χ0v) is 17.4. The highest BCUT2D eigenvalue weighted by molar-refractivity contribution is 4.87. The van der Waals surface area contributed by atoms with Gasteiger partial charge in [0.25, 0.3) is 0 Å². The SMILES string of the molecule is CCCCCCCCCCCCCCCC(N)(CC(C)O)CC(C)O. The topological polar surface area (TPSA) is 66.5 Å². The van der Waals surface area contributed by atoms with Crippen LogP contribution in [-0.2, 0) is 0 Å². The molecule has 0 amide bonds. The van der Waals surface area contributed by atoms with Gasteiger partial charge in [0, 0.05) is 5.54 Å². The molecule has 0 aliphatic carbocycles. The highest BCUT2D eigenvalue weighted by Crippen LogP contribution is 2.24. The van der Waals surface area contributed by atoms with E-state index in [0.717, 1.165) is 12.8 Å². The molecule has 152 valence electrons. The minimum atomic E-state index is -0.417. The molecule has 0 bridgehead atoms. The molecule has 0 aliphatic heterocycles. The molecule has 2 atom stereocenters. The van der Waals surface area contributed by atoms with E-state index >= 15 is 0 Å². The first-order valence-electron chi connectivity index (χ1n) is 11.0. The van der Waals surface area contributed by atoms with Crippen molar-refractivity contribution in [1.82, 2.24) is 0 Å². The third kappa shape index (κ3) is 17.1. The summed E-state index contributed by atoms with van der Waals surface area (Å²) < 4.78 is 0. The molecule has 25 heavy (non-hydrogen) atoms. The van der Waals surface area contributed by atoms with Crippen LogP contribution >= 0.6 is 0 Å². The molecular weight excluding hydrogens is 310 g/mol. The largest absolute Gasteiger partial charge is 0.393 e. The van der Waals surface area contributed by atoms with E-state index < -0.39 is 17.7 Å². The van der Waals surface area contributed by atoms with Crippen molar-refractivity contribution in [2.45, 2.75) is 141 Å². The van der Waals surface area contributed by atoms with Gasteiger partial charge < -0.3 is 15.9 Å². The zero-order valence-electron chi connectivity index (χ0n) is 17.4. The first-order chi connectivity index (χ1) is 11.9. The Morgan fingerprint density at radius 3 is 1.28 bits per heavy atom. The molecule has 0 heterocycles. The molecule has 2 unspecified atom stereocenters. The minimum Gasteiger partial charge on any atom is -0.393 e. The van der Waals surface area contributed by atoms with Crippen LogP contribution in [0.2, 0.25) is 0 Å². The van der Waals surface area contributed by atoms with Crippen molar-refractivity contribution in [1.29, 1.82) is 0 Å². The first-order valence-corrected chi connectivity index (χ1v) is 11.0. The Kier molecular flexibility index (Phi) is 16.0. The van der Waals surface area contributed by atoms with Gasteiger partial charge in [-0.2, -0.15) is 0 Å². The summed E-state index contributed by atoms with van der Waals surface area (Å²) in [4.78, 5) is 0. The smallest absolute Gasteiger partial charge is 0.0529 e. The summed E-state index contributed by atoms with van der Waals surface area (Å²) >= 11 is 0. The van der Waals surface area contributed by atoms with E-state index in [2.05, 4.69) is 6.92 Å². The van der Waals surface area contributed by atoms with Gasteiger partial charge in [0.05, 0.1) is 12.2 Å². The number of nitrogens with two attached hydrogens (primary N) is 1. The lowest BCUT2D eigenvalue weighted by atomic mass is 9.83. The highest BCUT2D eigenvalue weighted by Gasteiger charge is 2.27. The van der Waals surface area contributed by atoms with E-state index in [9.17, 15) is 10.2 Å². The molecule has 0 rings (SSSR count). The Morgan fingerprint density at radius 2 is 0.960 bits per heavy atom. The predicted octanol–water partition coefficient (Wildman–Crippen LogP) is 5.71. The van der Waals surface area contributed by atoms with Gasteiger partial charge in [-0.1, -0.05) is 90.4 Å². The summed E-state index contributed by atoms with van der Waals surface area (Å²) in [5.74, 6) is 0. The van der Waals surface area contributed by atoms with Gasteiger partial charge in [0.15, 0.2) is 0 Å². The van der Waals surface area contributed by atoms with Crippen molar-refractivity contribution in [3.63, 3.8) is 0 Å². The normalized spacial score (nSPS) is 16.6. The van der Waals surface area contributed by atoms with Gasteiger partial charge in [-0.15, -0.1) is 0 Å². The van der Waals surface area contributed by atoms with Gasteiger partial charge in [-0.25, -0.2) is 0 Å². The maximum Gasteiger partial charge on any atom is 0.0529 e. The summed E-state index contributed by atoms with van der Waals surface area (Å²) in [6.45, 7) is 5.84. The average Bonchev–Trinajstić information content (AvgIpc) is 2.50. The highest BCUT2D eigenvalue weighted by atomic mass is 16.3. The Balaban J connectivity index is 3.54. The fraction of sp³-hybridized carbons (Fsp3) is 1.00. The first kappa shape index (κ1) is 24.9. The van der Waals surface area contributed by atoms with Crippen molar-refractivity contribution in [2.75, 3.05) is 0 Å². The molecule has 0 saturated heterocycles. The fourth-order valence-electron chi connectivity index (χ4n) is 3.96. The van der Waals surface area contributed by atoms with Crippen LogP contribution in [0.1, 0.15) is 124 Å². The summed E-state index contributed by atoms with van der Waals surface area (Å²) in [5, 5.41) is 19.3. The van der Waals surface area contributed by atoms with Gasteiger partial charge in [-0.3, -0.25) is 0 Å². The molecule has 0 aromatic carbocycles. The number of aliphatic hydroxyl groups is 2. The zero-order chi connectivity index (χ0) is 19.0. The maximum absolute atomic E-state index is 9.64. The molecular formula is C22H47NO2. The average molecular weight is 358 g/mol. The van der Waals surface area contributed by atoms with Crippen LogP contribution in [0, 0.1) is 0 Å². The van der Waals surface area contributed by atoms with Crippen molar-refractivity contribution in [2.24, 2.45) is 5.73 Å². The lowest BCUT2D eigenvalue weighted by molar-refractivity contribution is 0.0985. The van der Waals surface area contributed by atoms with Crippen LogP contribution in [0.15, 0.2) is 0 Å². The van der Waals surface area contributed by atoms with Gasteiger partial charge in [-0.05, 0) is 33.1 Å². The molecule has 0 spiro atoms. The molecule has 3 heteroatoms. The van der Waals surface area contributed by atoms with E-state index in [1.807, 2.05) is 0 Å². The molecule has 0 aliphatic rings. The van der Waals surface area contributed by atoms with Crippen LogP contribution < -0.4 is 5.73 Å². The van der Waals surface area contributed by atoms with Crippen molar-refractivity contribution < 1.29 is 10.2 Å². The van der Waals surface area contributed by atoms with Crippen LogP contribution in [-0.4, -0.2) is 28.0 Å². The molecule has 4 N–H and O–H groups in total. The Bertz CT molecular complexity index is 269. The fourth-order valence-corrected chi connectivity index (χ4v) is 3.96. The Labute approximate surface area is 157 Å². The van der Waals surface area contributed by atoms with Crippen molar-refractivity contribution in [3.05, 3.63) is 0 Å². The summed E-state index contributed by atoms with van der Waals surface area (Å²) in [7, 11) is 0. The summed E-state index contributed by atoms with van der Waals surface area (Å²) in [6.07, 6.45) is 18.8. The van der Waals surface area contributed by atoms with Crippen LogP contribution in [0.5, 0.6) is 0 Å². The molecule has 0 aromatic heterocycles. The van der Waals surface area contributed by atoms with Gasteiger partial charge in [0.1, 0.15) is 0 Å². The number of rotatable bonds is 18. The molecule has 0 aromatic rings. The second-order valence-corrected chi connectivity index (χ2v) is 8.46. The maximum atomic E-state index is 9.64. The second kappa shape index (κ2) is 16.1. The Morgan fingerprint density at radius 1 is 0.640 bits per heavy atom. The number of unbranched alkanes of at least 4 members (excludes halogenated alkanes) is 12. The summed E-state index contributed by atoms with van der Waals surface area (Å²) in [6, 6.07) is 0. The molecule has 0 saturated carbocycles. The quantitative estimate of drug-likeness (QED) is 0.275. The minimum absolute atomic E-state index is 0.397. The van der Waals surface area contributed by atoms with Gasteiger partial charge >= 0.3 is 0 Å². The second-order valence-electron chi connectivity index (χ2n) is 8.46. The third-order valence-electron chi connectivity index (χ3n) is 5.18. The van der Waals surface area contributed by atoms with Crippen LogP contribution in [0.25, 0.3) is 0 Å². The van der Waals surface area contributed by atoms with Crippen LogP contribution in [0.4, 0.5) is 0 Å². The number of aliphatic hydroxyl groups excluding tert-OH is 2. The van der Waals surface area contributed by atoms with Crippen molar-refractivity contribution in [3.8, 4) is 0 Å².